The van der Waals surface area contributed by atoms with Crippen LogP contribution in [0.4, 0.5) is 0 Å². The third-order valence-electron chi connectivity index (χ3n) is 4.62. The number of nitrogens with zero attached hydrogens (tertiary/aromatic N) is 5. The minimum atomic E-state index is -1.82. The molecule has 0 aromatic carbocycles. The van der Waals surface area contributed by atoms with Gasteiger partial charge in [0.05, 0.1) is 19.7 Å². The molecule has 33 heavy (non-hydrogen) atoms. The average Bonchev–Trinajstić information content (AvgIpc) is 3.14. The maximum absolute atomic E-state index is 10.8. The smallest absolute Gasteiger partial charge is 0.414 e. The molecule has 2 aromatic heterocycles. The molecular formula is C21H32N5O7. The second-order valence-corrected chi connectivity index (χ2v) is 6.78. The lowest BCUT2D eigenvalue weighted by atomic mass is 10.3. The molecule has 1 radical (unpaired) electrons. The second-order valence-electron chi connectivity index (χ2n) is 6.78. The highest BCUT2D eigenvalue weighted by Gasteiger charge is 2.21. The maximum atomic E-state index is 10.8. The van der Waals surface area contributed by atoms with Crippen molar-refractivity contribution in [2.75, 3.05) is 45.9 Å². The third kappa shape index (κ3) is 9.51. The van der Waals surface area contributed by atoms with E-state index in [0.717, 1.165) is 56.3 Å². The number of rotatable bonds is 8. The summed E-state index contributed by atoms with van der Waals surface area (Å²) in [6.07, 6.45) is 1.79. The fraction of sp³-hybridized carbons (Fsp3) is 0.524. The van der Waals surface area contributed by atoms with Crippen LogP contribution in [0.1, 0.15) is 19.7 Å². The zero-order valence-corrected chi connectivity index (χ0v) is 19.0. The minimum Gasteiger partial charge on any atom is -0.480 e. The summed E-state index contributed by atoms with van der Waals surface area (Å²) in [5.41, 5.74) is 1.79. The quantitative estimate of drug-likeness (QED) is 0.371. The second kappa shape index (κ2) is 14.9. The molecule has 0 aliphatic carbocycles. The van der Waals surface area contributed by atoms with Crippen molar-refractivity contribution >= 4 is 29.1 Å². The van der Waals surface area contributed by atoms with Gasteiger partial charge in [0.2, 0.25) is 0 Å². The number of hydrogen-bond donors (Lipinski definition) is 3. The van der Waals surface area contributed by atoms with Crippen LogP contribution >= 0.6 is 0 Å². The monoisotopic (exact) mass is 466 g/mol. The standard InChI is InChI=1S/C17H25N5O3.C2H2O4.C2H5/c1-2-25-11-10-22-15(19-14-4-3-5-18-17(14)22)12-20-6-8-21(9-7-20)13-16(23)24;3-1(4)2(5)6;1-2/h3-5H,2,6-13H2,1H3,(H,23,24);(H,3,4)(H,5,6);1H2,2H3. The van der Waals surface area contributed by atoms with E-state index in [1.54, 1.807) is 13.1 Å². The Bertz CT molecular complexity index is 882. The number of carboxylic acid groups (broad SMARTS) is 3. The summed E-state index contributed by atoms with van der Waals surface area (Å²) < 4.78 is 7.63. The molecule has 183 valence electrons. The predicted molar refractivity (Wildman–Crippen MR) is 120 cm³/mol. The van der Waals surface area contributed by atoms with E-state index in [-0.39, 0.29) is 6.54 Å². The van der Waals surface area contributed by atoms with E-state index in [2.05, 4.69) is 21.4 Å². The molecule has 0 unspecified atom stereocenters. The Hall–Kier alpha value is -3.09. The molecule has 0 saturated carbocycles. The molecule has 3 rings (SSSR count). The number of aliphatic carboxylic acids is 3. The van der Waals surface area contributed by atoms with E-state index in [1.165, 1.54) is 0 Å². The lowest BCUT2D eigenvalue weighted by Gasteiger charge is -2.33. The fourth-order valence-corrected chi connectivity index (χ4v) is 3.16. The van der Waals surface area contributed by atoms with Gasteiger partial charge in [0.1, 0.15) is 11.3 Å². The summed E-state index contributed by atoms with van der Waals surface area (Å²) in [4.78, 5) is 42.5. The molecule has 0 spiro atoms. The number of piperazine rings is 1. The number of carbonyl (C=O) groups is 3. The van der Waals surface area contributed by atoms with Gasteiger partial charge in [-0.2, -0.15) is 0 Å². The molecule has 3 N–H and O–H groups in total. The van der Waals surface area contributed by atoms with E-state index in [1.807, 2.05) is 24.0 Å². The van der Waals surface area contributed by atoms with Gasteiger partial charge in [-0.1, -0.05) is 13.8 Å². The molecule has 0 atom stereocenters. The maximum Gasteiger partial charge on any atom is 0.414 e. The topological polar surface area (TPSA) is 158 Å². The van der Waals surface area contributed by atoms with Crippen LogP contribution < -0.4 is 0 Å². The van der Waals surface area contributed by atoms with Gasteiger partial charge in [-0.05, 0) is 19.1 Å². The molecular weight excluding hydrogens is 434 g/mol. The van der Waals surface area contributed by atoms with Crippen LogP contribution in [0, 0.1) is 6.92 Å². The number of aromatic nitrogens is 3. The lowest BCUT2D eigenvalue weighted by Crippen LogP contribution is -2.47. The molecule has 0 bridgehead atoms. The molecule has 1 fully saturated rings. The summed E-state index contributed by atoms with van der Waals surface area (Å²) in [5.74, 6) is -3.43. The number of fused-ring (bicyclic) bond motifs is 1. The van der Waals surface area contributed by atoms with Gasteiger partial charge in [0.25, 0.3) is 0 Å². The van der Waals surface area contributed by atoms with Crippen molar-refractivity contribution in [3.05, 3.63) is 31.1 Å². The van der Waals surface area contributed by atoms with Crippen molar-refractivity contribution < 1.29 is 34.4 Å². The van der Waals surface area contributed by atoms with Crippen molar-refractivity contribution in [2.24, 2.45) is 0 Å². The summed E-state index contributed by atoms with van der Waals surface area (Å²) >= 11 is 0. The van der Waals surface area contributed by atoms with Gasteiger partial charge in [-0.3, -0.25) is 14.6 Å². The Kier molecular flexibility index (Phi) is 12.6. The van der Waals surface area contributed by atoms with Crippen LogP contribution in [-0.2, 0) is 32.2 Å². The van der Waals surface area contributed by atoms with E-state index in [0.29, 0.717) is 13.2 Å². The summed E-state index contributed by atoms with van der Waals surface area (Å²) in [5, 5.41) is 23.7. The van der Waals surface area contributed by atoms with Gasteiger partial charge in [0, 0.05) is 45.5 Å². The molecule has 3 heterocycles. The normalized spacial score (nSPS) is 14.0. The zero-order chi connectivity index (χ0) is 24.8. The van der Waals surface area contributed by atoms with Crippen molar-refractivity contribution in [3.8, 4) is 0 Å². The van der Waals surface area contributed by atoms with Gasteiger partial charge in [-0.15, -0.1) is 0 Å². The van der Waals surface area contributed by atoms with Crippen LogP contribution in [0.3, 0.4) is 0 Å². The number of imidazole rings is 1. The third-order valence-corrected chi connectivity index (χ3v) is 4.62. The first-order chi connectivity index (χ1) is 15.8. The van der Waals surface area contributed by atoms with E-state index in [9.17, 15) is 4.79 Å². The summed E-state index contributed by atoms with van der Waals surface area (Å²) in [6.45, 7) is 13.1. The van der Waals surface area contributed by atoms with Crippen molar-refractivity contribution in [3.63, 3.8) is 0 Å². The zero-order valence-electron chi connectivity index (χ0n) is 19.0. The number of ether oxygens (including phenoxy) is 1. The molecule has 0 amide bonds. The number of hydrogen-bond acceptors (Lipinski definition) is 8. The lowest BCUT2D eigenvalue weighted by molar-refractivity contribution is -0.159. The van der Waals surface area contributed by atoms with E-state index >= 15 is 0 Å². The van der Waals surface area contributed by atoms with Crippen LogP contribution in [0.5, 0.6) is 0 Å². The SMILES string of the molecule is CCOCCn1c(CN2CCN(CC(=O)O)CC2)nc2cccnc21.O=C(O)C(=O)O.[CH2]C. The average molecular weight is 467 g/mol. The van der Waals surface area contributed by atoms with Crippen molar-refractivity contribution in [2.45, 2.75) is 26.9 Å². The minimum absolute atomic E-state index is 0.116. The first-order valence-electron chi connectivity index (χ1n) is 10.5. The summed E-state index contributed by atoms with van der Waals surface area (Å²) in [7, 11) is 0. The number of pyridine rings is 1. The molecule has 12 heteroatoms. The van der Waals surface area contributed by atoms with Crippen LogP contribution in [0.2, 0.25) is 0 Å². The Morgan fingerprint density at radius 1 is 1.06 bits per heavy atom. The Morgan fingerprint density at radius 2 is 1.67 bits per heavy atom. The van der Waals surface area contributed by atoms with E-state index in [4.69, 9.17) is 34.6 Å². The van der Waals surface area contributed by atoms with Gasteiger partial charge < -0.3 is 24.6 Å². The Labute approximate surface area is 192 Å². The number of carboxylic acids is 3. The highest BCUT2D eigenvalue weighted by molar-refractivity contribution is 6.27. The van der Waals surface area contributed by atoms with Gasteiger partial charge in [-0.25, -0.2) is 19.6 Å². The first-order valence-corrected chi connectivity index (χ1v) is 10.5. The Morgan fingerprint density at radius 3 is 2.21 bits per heavy atom. The van der Waals surface area contributed by atoms with Gasteiger partial charge >= 0.3 is 17.9 Å². The van der Waals surface area contributed by atoms with Crippen molar-refractivity contribution in [1.29, 1.82) is 0 Å². The highest BCUT2D eigenvalue weighted by atomic mass is 16.5. The highest BCUT2D eigenvalue weighted by Crippen LogP contribution is 2.16. The fourth-order valence-electron chi connectivity index (χ4n) is 3.16. The van der Waals surface area contributed by atoms with Crippen LogP contribution in [0.15, 0.2) is 18.3 Å². The molecule has 12 nitrogen and oxygen atoms in total. The van der Waals surface area contributed by atoms with Crippen molar-refractivity contribution in [1.82, 2.24) is 24.3 Å². The molecule has 2 aromatic rings. The summed E-state index contributed by atoms with van der Waals surface area (Å²) in [6, 6.07) is 3.88. The van der Waals surface area contributed by atoms with E-state index < -0.39 is 17.9 Å². The van der Waals surface area contributed by atoms with Crippen LogP contribution in [-0.4, -0.2) is 103 Å². The Balaban J connectivity index is 0.000000593. The molecule has 1 aliphatic heterocycles. The van der Waals surface area contributed by atoms with Crippen LogP contribution in [0.25, 0.3) is 11.2 Å². The van der Waals surface area contributed by atoms with Gasteiger partial charge in [0.15, 0.2) is 5.65 Å². The molecule has 1 saturated heterocycles. The first kappa shape index (κ1) is 27.9. The predicted octanol–water partition coefficient (Wildman–Crippen LogP) is 0.666. The molecule has 1 aliphatic rings. The largest absolute Gasteiger partial charge is 0.480 e.